The molecule has 2 N–H and O–H groups in total. The zero-order chi connectivity index (χ0) is 15.0. The largest absolute Gasteiger partial charge is 0.326 e. The van der Waals surface area contributed by atoms with Crippen molar-refractivity contribution in [3.8, 4) is 0 Å². The van der Waals surface area contributed by atoms with E-state index < -0.39 is 0 Å². The molecule has 1 aliphatic carbocycles. The quantitative estimate of drug-likeness (QED) is 0.894. The van der Waals surface area contributed by atoms with Gasteiger partial charge >= 0.3 is 0 Å². The molecule has 112 valence electrons. The second-order valence-electron chi connectivity index (χ2n) is 6.92. The topological polar surface area (TPSA) is 38.9 Å². The summed E-state index contributed by atoms with van der Waals surface area (Å²) in [4.78, 5) is 6.26. The first-order chi connectivity index (χ1) is 10.0. The number of hydrogen-bond donors (Lipinski definition) is 1. The highest BCUT2D eigenvalue weighted by Gasteiger charge is 2.28. The maximum absolute atomic E-state index is 5.96. The molecule has 21 heavy (non-hydrogen) atoms. The van der Waals surface area contributed by atoms with Crippen LogP contribution in [0.5, 0.6) is 0 Å². The van der Waals surface area contributed by atoms with Crippen LogP contribution in [-0.2, 0) is 18.4 Å². The normalized spacial score (nSPS) is 18.6. The number of rotatable bonds is 2. The van der Waals surface area contributed by atoms with Crippen molar-refractivity contribution in [3.05, 3.63) is 51.0 Å². The van der Waals surface area contributed by atoms with Crippen molar-refractivity contribution >= 4 is 11.3 Å². The summed E-state index contributed by atoms with van der Waals surface area (Å²) < 4.78 is 0. The van der Waals surface area contributed by atoms with Crippen LogP contribution in [0, 0.1) is 0 Å². The van der Waals surface area contributed by atoms with Crippen LogP contribution in [0.4, 0.5) is 0 Å². The third-order valence-corrected chi connectivity index (χ3v) is 5.47. The van der Waals surface area contributed by atoms with Gasteiger partial charge < -0.3 is 5.73 Å². The van der Waals surface area contributed by atoms with Crippen molar-refractivity contribution < 1.29 is 0 Å². The van der Waals surface area contributed by atoms with Crippen LogP contribution < -0.4 is 5.73 Å². The molecule has 1 aromatic carbocycles. The molecule has 3 rings (SSSR count). The van der Waals surface area contributed by atoms with E-state index in [1.54, 1.807) is 0 Å². The van der Waals surface area contributed by atoms with Crippen molar-refractivity contribution in [2.24, 2.45) is 5.73 Å². The SMILES string of the molecule is CC(C)(C)c1nc(C2CCCc3ccccc32)sc1CN. The Labute approximate surface area is 131 Å². The molecule has 0 saturated carbocycles. The molecular formula is C18H24N2S. The molecular weight excluding hydrogens is 276 g/mol. The lowest BCUT2D eigenvalue weighted by Gasteiger charge is -2.24. The highest BCUT2D eigenvalue weighted by atomic mass is 32.1. The number of benzene rings is 1. The fourth-order valence-corrected chi connectivity index (χ4v) is 4.56. The van der Waals surface area contributed by atoms with Crippen LogP contribution in [0.1, 0.15) is 66.2 Å². The molecule has 3 heteroatoms. The minimum atomic E-state index is 0.0671. The Bertz CT molecular complexity index is 637. The molecule has 0 aliphatic heterocycles. The molecule has 0 fully saturated rings. The number of aromatic nitrogens is 1. The van der Waals surface area contributed by atoms with Gasteiger partial charge in [0.1, 0.15) is 5.01 Å². The molecule has 0 radical (unpaired) electrons. The fraction of sp³-hybridized carbons (Fsp3) is 0.500. The number of fused-ring (bicyclic) bond motifs is 1. The average molecular weight is 300 g/mol. The number of nitrogens with zero attached hydrogens (tertiary/aromatic N) is 1. The van der Waals surface area contributed by atoms with Gasteiger partial charge in [0, 0.05) is 22.8 Å². The summed E-state index contributed by atoms with van der Waals surface area (Å²) in [6, 6.07) is 8.84. The number of nitrogens with two attached hydrogens (primary N) is 1. The van der Waals surface area contributed by atoms with Crippen molar-refractivity contribution in [2.75, 3.05) is 0 Å². The highest BCUT2D eigenvalue weighted by Crippen LogP contribution is 2.40. The van der Waals surface area contributed by atoms with Crippen molar-refractivity contribution in [1.82, 2.24) is 4.98 Å². The van der Waals surface area contributed by atoms with E-state index in [1.165, 1.54) is 46.0 Å². The van der Waals surface area contributed by atoms with Crippen molar-refractivity contribution in [1.29, 1.82) is 0 Å². The van der Waals surface area contributed by atoms with E-state index in [-0.39, 0.29) is 5.41 Å². The van der Waals surface area contributed by atoms with E-state index in [2.05, 4.69) is 45.0 Å². The van der Waals surface area contributed by atoms with Gasteiger partial charge in [-0.3, -0.25) is 0 Å². The Hall–Kier alpha value is -1.19. The second kappa shape index (κ2) is 5.54. The van der Waals surface area contributed by atoms with Gasteiger partial charge in [-0.25, -0.2) is 4.98 Å². The number of aryl methyl sites for hydroxylation is 1. The molecule has 0 spiro atoms. The Morgan fingerprint density at radius 2 is 2.05 bits per heavy atom. The summed E-state index contributed by atoms with van der Waals surface area (Å²) in [7, 11) is 0. The second-order valence-corrected chi connectivity index (χ2v) is 8.04. The highest BCUT2D eigenvalue weighted by molar-refractivity contribution is 7.11. The van der Waals surface area contributed by atoms with Crippen LogP contribution in [0.15, 0.2) is 24.3 Å². The Morgan fingerprint density at radius 1 is 1.29 bits per heavy atom. The van der Waals surface area contributed by atoms with E-state index in [9.17, 15) is 0 Å². The van der Waals surface area contributed by atoms with Gasteiger partial charge in [-0.15, -0.1) is 11.3 Å². The average Bonchev–Trinajstić information content (AvgIpc) is 2.91. The maximum Gasteiger partial charge on any atom is 0.101 e. The first kappa shape index (κ1) is 14.7. The molecule has 1 heterocycles. The molecule has 2 aromatic rings. The minimum Gasteiger partial charge on any atom is -0.326 e. The van der Waals surface area contributed by atoms with E-state index in [0.717, 1.165) is 0 Å². The Kier molecular flexibility index (Phi) is 3.89. The fourth-order valence-electron chi connectivity index (χ4n) is 3.25. The number of thiazole rings is 1. The van der Waals surface area contributed by atoms with Gasteiger partial charge in [-0.2, -0.15) is 0 Å². The molecule has 0 saturated heterocycles. The van der Waals surface area contributed by atoms with Crippen LogP contribution >= 0.6 is 11.3 Å². The summed E-state index contributed by atoms with van der Waals surface area (Å²) in [5, 5.41) is 1.26. The van der Waals surface area contributed by atoms with Gasteiger partial charge in [0.15, 0.2) is 0 Å². The van der Waals surface area contributed by atoms with Crippen LogP contribution in [0.3, 0.4) is 0 Å². The van der Waals surface area contributed by atoms with Gasteiger partial charge in [0.25, 0.3) is 0 Å². The van der Waals surface area contributed by atoms with E-state index in [4.69, 9.17) is 10.7 Å². The molecule has 0 bridgehead atoms. The summed E-state index contributed by atoms with van der Waals surface area (Å²) >= 11 is 1.82. The lowest BCUT2D eigenvalue weighted by molar-refractivity contribution is 0.556. The summed E-state index contributed by atoms with van der Waals surface area (Å²) in [5.41, 5.74) is 10.2. The Balaban J connectivity index is 2.05. The predicted molar refractivity (Wildman–Crippen MR) is 89.9 cm³/mol. The first-order valence-electron chi connectivity index (χ1n) is 7.78. The summed E-state index contributed by atoms with van der Waals surface area (Å²) in [5.74, 6) is 0.460. The van der Waals surface area contributed by atoms with Crippen molar-refractivity contribution in [2.45, 2.75) is 57.9 Å². The standard InChI is InChI=1S/C18H24N2S/c1-18(2,3)16-15(11-19)21-17(20-16)14-10-6-8-12-7-4-5-9-13(12)14/h4-5,7,9,14H,6,8,10-11,19H2,1-3H3. The molecule has 1 atom stereocenters. The molecule has 1 aromatic heterocycles. The van der Waals surface area contributed by atoms with E-state index in [1.807, 2.05) is 11.3 Å². The lowest BCUT2D eigenvalue weighted by Crippen LogP contribution is -2.16. The monoisotopic (exact) mass is 300 g/mol. The zero-order valence-electron chi connectivity index (χ0n) is 13.1. The lowest BCUT2D eigenvalue weighted by atomic mass is 9.83. The zero-order valence-corrected chi connectivity index (χ0v) is 14.0. The van der Waals surface area contributed by atoms with Crippen LogP contribution in [0.2, 0.25) is 0 Å². The minimum absolute atomic E-state index is 0.0671. The summed E-state index contributed by atoms with van der Waals surface area (Å²) in [6.07, 6.45) is 3.66. The number of hydrogen-bond acceptors (Lipinski definition) is 3. The van der Waals surface area contributed by atoms with Gasteiger partial charge in [-0.05, 0) is 30.4 Å². The van der Waals surface area contributed by atoms with Gasteiger partial charge in [0.2, 0.25) is 0 Å². The van der Waals surface area contributed by atoms with Crippen LogP contribution in [-0.4, -0.2) is 4.98 Å². The van der Waals surface area contributed by atoms with Gasteiger partial charge in [0.05, 0.1) is 5.69 Å². The maximum atomic E-state index is 5.96. The third-order valence-electron chi connectivity index (χ3n) is 4.28. The molecule has 2 nitrogen and oxygen atoms in total. The van der Waals surface area contributed by atoms with E-state index >= 15 is 0 Å². The Morgan fingerprint density at radius 3 is 2.71 bits per heavy atom. The third kappa shape index (κ3) is 2.77. The first-order valence-corrected chi connectivity index (χ1v) is 8.60. The van der Waals surface area contributed by atoms with Crippen LogP contribution in [0.25, 0.3) is 0 Å². The summed E-state index contributed by atoms with van der Waals surface area (Å²) in [6.45, 7) is 7.26. The predicted octanol–water partition coefficient (Wildman–Crippen LogP) is 4.37. The van der Waals surface area contributed by atoms with E-state index in [0.29, 0.717) is 12.5 Å². The van der Waals surface area contributed by atoms with Gasteiger partial charge in [-0.1, -0.05) is 45.0 Å². The molecule has 1 unspecified atom stereocenters. The van der Waals surface area contributed by atoms with Crippen molar-refractivity contribution in [3.63, 3.8) is 0 Å². The molecule has 1 aliphatic rings. The molecule has 0 amide bonds. The smallest absolute Gasteiger partial charge is 0.101 e.